The molecule has 1 aromatic heterocycles. The van der Waals surface area contributed by atoms with Gasteiger partial charge in [-0.3, -0.25) is 14.3 Å². The van der Waals surface area contributed by atoms with Crippen molar-refractivity contribution in [3.05, 3.63) is 40.2 Å². The monoisotopic (exact) mass is 314 g/mol. The normalized spacial score (nSPS) is 16.0. The van der Waals surface area contributed by atoms with Gasteiger partial charge in [-0.2, -0.15) is 5.10 Å². The van der Waals surface area contributed by atoms with E-state index in [4.69, 9.17) is 0 Å². The largest absolute Gasteiger partial charge is 0.335 e. The zero-order chi connectivity index (χ0) is 16.4. The second kappa shape index (κ2) is 6.50. The van der Waals surface area contributed by atoms with Crippen molar-refractivity contribution in [2.45, 2.75) is 20.4 Å². The first-order valence-electron chi connectivity index (χ1n) is 8.17. The van der Waals surface area contributed by atoms with Gasteiger partial charge < -0.3 is 9.80 Å². The molecule has 0 atom stereocenters. The molecule has 6 nitrogen and oxygen atoms in total. The van der Waals surface area contributed by atoms with Crippen molar-refractivity contribution < 1.29 is 4.79 Å². The Labute approximate surface area is 135 Å². The Morgan fingerprint density at radius 3 is 2.43 bits per heavy atom. The Bertz CT molecular complexity index is 776. The highest BCUT2D eigenvalue weighted by Crippen LogP contribution is 2.11. The van der Waals surface area contributed by atoms with Gasteiger partial charge in [0.2, 0.25) is 5.43 Å². The third kappa shape index (κ3) is 2.86. The third-order valence-electron chi connectivity index (χ3n) is 4.47. The van der Waals surface area contributed by atoms with Gasteiger partial charge in [-0.1, -0.05) is 19.1 Å². The van der Waals surface area contributed by atoms with Gasteiger partial charge >= 0.3 is 0 Å². The van der Waals surface area contributed by atoms with E-state index in [9.17, 15) is 9.59 Å². The van der Waals surface area contributed by atoms with E-state index >= 15 is 0 Å². The van der Waals surface area contributed by atoms with E-state index in [0.717, 1.165) is 25.2 Å². The van der Waals surface area contributed by atoms with Crippen LogP contribution in [0.1, 0.15) is 24.3 Å². The molecule has 122 valence electrons. The minimum Gasteiger partial charge on any atom is -0.335 e. The standard InChI is InChI=1S/C17H22N4O2/c1-3-19-9-11-20(12-10-19)17(23)15-16(22)13-7-5-6-8-14(13)21(4-2)18-15/h5-8H,3-4,9-12H2,1-2H3. The number of likely N-dealkylation sites (N-methyl/N-ethyl adjacent to an activating group) is 1. The summed E-state index contributed by atoms with van der Waals surface area (Å²) < 4.78 is 1.73. The molecular formula is C17H22N4O2. The minimum absolute atomic E-state index is 0.0375. The number of hydrogen-bond donors (Lipinski definition) is 0. The molecule has 1 fully saturated rings. The van der Waals surface area contributed by atoms with Crippen LogP contribution in [0, 0.1) is 0 Å². The summed E-state index contributed by atoms with van der Waals surface area (Å²) in [4.78, 5) is 29.5. The molecule has 1 amide bonds. The van der Waals surface area contributed by atoms with Gasteiger partial charge in [-0.15, -0.1) is 0 Å². The summed E-state index contributed by atoms with van der Waals surface area (Å²) in [6.45, 7) is 8.65. The number of piperazine rings is 1. The third-order valence-corrected chi connectivity index (χ3v) is 4.47. The average Bonchev–Trinajstić information content (AvgIpc) is 2.62. The van der Waals surface area contributed by atoms with Crippen molar-refractivity contribution in [1.29, 1.82) is 0 Å². The fourth-order valence-corrected chi connectivity index (χ4v) is 3.04. The van der Waals surface area contributed by atoms with Crippen LogP contribution in [-0.2, 0) is 6.54 Å². The highest BCUT2D eigenvalue weighted by Gasteiger charge is 2.25. The molecule has 1 aromatic carbocycles. The molecule has 3 rings (SSSR count). The number of amides is 1. The predicted octanol–water partition coefficient (Wildman–Crippen LogP) is 1.19. The SMILES string of the molecule is CCN1CCN(C(=O)c2nn(CC)c3ccccc3c2=O)CC1. The molecule has 0 radical (unpaired) electrons. The van der Waals surface area contributed by atoms with E-state index in [-0.39, 0.29) is 17.0 Å². The molecule has 1 aliphatic rings. The lowest BCUT2D eigenvalue weighted by molar-refractivity contribution is 0.0634. The first-order valence-corrected chi connectivity index (χ1v) is 8.17. The number of carbonyl (C=O) groups excluding carboxylic acids is 1. The van der Waals surface area contributed by atoms with Gasteiger partial charge in [0.05, 0.1) is 5.52 Å². The maximum atomic E-state index is 12.8. The van der Waals surface area contributed by atoms with Crippen LogP contribution < -0.4 is 5.43 Å². The molecule has 0 saturated carbocycles. The van der Waals surface area contributed by atoms with Crippen molar-refractivity contribution in [2.75, 3.05) is 32.7 Å². The molecule has 0 aliphatic carbocycles. The number of para-hydroxylation sites is 1. The van der Waals surface area contributed by atoms with Crippen molar-refractivity contribution in [3.63, 3.8) is 0 Å². The van der Waals surface area contributed by atoms with E-state index < -0.39 is 0 Å². The van der Waals surface area contributed by atoms with Crippen molar-refractivity contribution in [2.24, 2.45) is 0 Å². The van der Waals surface area contributed by atoms with Crippen LogP contribution in [0.3, 0.4) is 0 Å². The Kier molecular flexibility index (Phi) is 4.43. The van der Waals surface area contributed by atoms with Gasteiger partial charge in [0.25, 0.3) is 5.91 Å². The van der Waals surface area contributed by atoms with E-state index in [1.807, 2.05) is 25.1 Å². The smallest absolute Gasteiger partial charge is 0.278 e. The molecule has 23 heavy (non-hydrogen) atoms. The second-order valence-electron chi connectivity index (χ2n) is 5.74. The summed E-state index contributed by atoms with van der Waals surface area (Å²) in [5.74, 6) is -0.251. The van der Waals surface area contributed by atoms with Crippen LogP contribution in [0.5, 0.6) is 0 Å². The van der Waals surface area contributed by atoms with E-state index in [1.54, 1.807) is 15.6 Å². The van der Waals surface area contributed by atoms with Crippen LogP contribution >= 0.6 is 0 Å². The highest BCUT2D eigenvalue weighted by molar-refractivity contribution is 5.95. The number of rotatable bonds is 3. The van der Waals surface area contributed by atoms with E-state index in [2.05, 4.69) is 16.9 Å². The molecule has 1 saturated heterocycles. The van der Waals surface area contributed by atoms with Crippen LogP contribution in [0.15, 0.2) is 29.1 Å². The molecule has 1 aliphatic heterocycles. The molecule has 6 heteroatoms. The lowest BCUT2D eigenvalue weighted by Crippen LogP contribution is -2.49. The number of aryl methyl sites for hydroxylation is 1. The number of carbonyl (C=O) groups is 1. The fourth-order valence-electron chi connectivity index (χ4n) is 3.04. The maximum absolute atomic E-state index is 12.8. The summed E-state index contributed by atoms with van der Waals surface area (Å²) in [7, 11) is 0. The van der Waals surface area contributed by atoms with Crippen LogP contribution in [-0.4, -0.2) is 58.2 Å². The Balaban J connectivity index is 1.98. The van der Waals surface area contributed by atoms with Crippen LogP contribution in [0.25, 0.3) is 10.9 Å². The molecule has 2 heterocycles. The fraction of sp³-hybridized carbons (Fsp3) is 0.471. The van der Waals surface area contributed by atoms with Gasteiger partial charge in [-0.25, -0.2) is 0 Å². The zero-order valence-corrected chi connectivity index (χ0v) is 13.7. The quantitative estimate of drug-likeness (QED) is 0.854. The molecule has 0 N–H and O–H groups in total. The number of benzene rings is 1. The first-order chi connectivity index (χ1) is 11.2. The zero-order valence-electron chi connectivity index (χ0n) is 13.7. The van der Waals surface area contributed by atoms with Crippen molar-refractivity contribution >= 4 is 16.8 Å². The number of fused-ring (bicyclic) bond motifs is 1. The number of aromatic nitrogens is 2. The Morgan fingerprint density at radius 2 is 1.78 bits per heavy atom. The maximum Gasteiger partial charge on any atom is 0.278 e. The minimum atomic E-state index is -0.270. The molecule has 2 aromatic rings. The molecular weight excluding hydrogens is 292 g/mol. The Morgan fingerprint density at radius 1 is 1.09 bits per heavy atom. The van der Waals surface area contributed by atoms with E-state index in [0.29, 0.717) is 25.0 Å². The molecule has 0 spiro atoms. The van der Waals surface area contributed by atoms with Gasteiger partial charge in [0, 0.05) is 38.1 Å². The van der Waals surface area contributed by atoms with Crippen LogP contribution in [0.2, 0.25) is 0 Å². The van der Waals surface area contributed by atoms with Crippen molar-refractivity contribution in [1.82, 2.24) is 19.6 Å². The Hall–Kier alpha value is -2.21. The summed E-state index contributed by atoms with van der Waals surface area (Å²) in [5.41, 5.74) is 0.538. The lowest BCUT2D eigenvalue weighted by Gasteiger charge is -2.33. The van der Waals surface area contributed by atoms with Crippen LogP contribution in [0.4, 0.5) is 0 Å². The predicted molar refractivity (Wildman–Crippen MR) is 89.7 cm³/mol. The topological polar surface area (TPSA) is 58.4 Å². The summed E-state index contributed by atoms with van der Waals surface area (Å²) in [5, 5.41) is 4.89. The summed E-state index contributed by atoms with van der Waals surface area (Å²) in [6, 6.07) is 7.32. The average molecular weight is 314 g/mol. The first kappa shape index (κ1) is 15.7. The summed E-state index contributed by atoms with van der Waals surface area (Å²) in [6.07, 6.45) is 0. The van der Waals surface area contributed by atoms with Gasteiger partial charge in [0.1, 0.15) is 0 Å². The highest BCUT2D eigenvalue weighted by atomic mass is 16.2. The second-order valence-corrected chi connectivity index (χ2v) is 5.74. The van der Waals surface area contributed by atoms with E-state index in [1.165, 1.54) is 0 Å². The van der Waals surface area contributed by atoms with Gasteiger partial charge in [-0.05, 0) is 25.6 Å². The summed E-state index contributed by atoms with van der Waals surface area (Å²) >= 11 is 0. The van der Waals surface area contributed by atoms with Gasteiger partial charge in [0.15, 0.2) is 5.69 Å². The number of hydrogen-bond acceptors (Lipinski definition) is 4. The number of nitrogens with zero attached hydrogens (tertiary/aromatic N) is 4. The lowest BCUT2D eigenvalue weighted by atomic mass is 10.2. The molecule has 0 bridgehead atoms. The van der Waals surface area contributed by atoms with Crippen molar-refractivity contribution in [3.8, 4) is 0 Å². The molecule has 0 unspecified atom stereocenters.